The second-order valence-electron chi connectivity index (χ2n) is 1.80. The Morgan fingerprint density at radius 2 is 2.56 bits per heavy atom. The van der Waals surface area contributed by atoms with Gasteiger partial charge in [-0.15, -0.1) is 5.11 Å². The van der Waals surface area contributed by atoms with Crippen LogP contribution in [0, 0.1) is 0 Å². The van der Waals surface area contributed by atoms with Crippen LogP contribution in [0.5, 0.6) is 0 Å². The van der Waals surface area contributed by atoms with Crippen molar-refractivity contribution in [2.75, 3.05) is 0 Å². The molecule has 0 bridgehead atoms. The Kier molecular flexibility index (Phi) is 1.30. The third-order valence-electron chi connectivity index (χ3n) is 0.993. The number of carbonyl (C=O) groups excluding carboxylic acids is 1. The summed E-state index contributed by atoms with van der Waals surface area (Å²) >= 11 is 0. The molecule has 0 aliphatic carbocycles. The Labute approximate surface area is 52.2 Å². The summed E-state index contributed by atoms with van der Waals surface area (Å²) in [7, 11) is 0. The van der Waals surface area contributed by atoms with Crippen molar-refractivity contribution in [3.05, 3.63) is 12.3 Å². The maximum absolute atomic E-state index is 9.81. The lowest BCUT2D eigenvalue weighted by Crippen LogP contribution is -2.19. The summed E-state index contributed by atoms with van der Waals surface area (Å²) in [6, 6.07) is 0. The van der Waals surface area contributed by atoms with E-state index in [0.29, 0.717) is 6.47 Å². The lowest BCUT2D eigenvalue weighted by Gasteiger charge is -2.12. The van der Waals surface area contributed by atoms with E-state index >= 15 is 0 Å². The molecule has 0 aromatic heterocycles. The van der Waals surface area contributed by atoms with E-state index in [4.69, 9.17) is 0 Å². The minimum absolute atomic E-state index is 0.356. The number of rotatable bonds is 2. The van der Waals surface area contributed by atoms with Crippen molar-refractivity contribution >= 4 is 6.47 Å². The molecular weight excluding hydrogens is 120 g/mol. The Hall–Kier alpha value is -1.19. The third-order valence-corrected chi connectivity index (χ3v) is 0.993. The standard InChI is InChI=1S/C5H6N2O2/c1-5(9-4-8)2-3-6-7-5/h2-4H,1H3. The molecular formula is C5H6N2O2. The minimum atomic E-state index is -0.845. The van der Waals surface area contributed by atoms with E-state index in [9.17, 15) is 4.79 Å². The van der Waals surface area contributed by atoms with Crippen LogP contribution in [0.15, 0.2) is 22.5 Å². The van der Waals surface area contributed by atoms with Gasteiger partial charge in [0.15, 0.2) is 0 Å². The minimum Gasteiger partial charge on any atom is -0.434 e. The van der Waals surface area contributed by atoms with Crippen molar-refractivity contribution in [1.29, 1.82) is 0 Å². The Bertz CT molecular complexity index is 162. The van der Waals surface area contributed by atoms with Gasteiger partial charge in [-0.1, -0.05) is 0 Å². The quantitative estimate of drug-likeness (QED) is 0.515. The van der Waals surface area contributed by atoms with Gasteiger partial charge in [-0.05, 0) is 0 Å². The predicted molar refractivity (Wildman–Crippen MR) is 29.5 cm³/mol. The first-order valence-corrected chi connectivity index (χ1v) is 2.48. The molecule has 1 unspecified atom stereocenters. The normalized spacial score (nSPS) is 30.8. The zero-order valence-electron chi connectivity index (χ0n) is 4.94. The molecule has 48 valence electrons. The van der Waals surface area contributed by atoms with Gasteiger partial charge in [0.05, 0.1) is 6.20 Å². The SMILES string of the molecule is CC1(OC=O)C=CN=N1. The smallest absolute Gasteiger partial charge is 0.295 e. The van der Waals surface area contributed by atoms with Gasteiger partial charge >= 0.3 is 0 Å². The fourth-order valence-electron chi connectivity index (χ4n) is 0.513. The molecule has 4 heteroatoms. The van der Waals surface area contributed by atoms with Crippen LogP contribution in [-0.2, 0) is 9.53 Å². The number of azo groups is 1. The van der Waals surface area contributed by atoms with Crippen LogP contribution < -0.4 is 0 Å². The first-order chi connectivity index (χ1) is 4.27. The van der Waals surface area contributed by atoms with Gasteiger partial charge in [-0.2, -0.15) is 5.11 Å². The average molecular weight is 126 g/mol. The van der Waals surface area contributed by atoms with E-state index in [0.717, 1.165) is 0 Å². The maximum atomic E-state index is 9.81. The molecule has 9 heavy (non-hydrogen) atoms. The first kappa shape index (κ1) is 5.94. The van der Waals surface area contributed by atoms with Crippen molar-refractivity contribution in [1.82, 2.24) is 0 Å². The lowest BCUT2D eigenvalue weighted by molar-refractivity contribution is -0.137. The highest BCUT2D eigenvalue weighted by atomic mass is 16.6. The van der Waals surface area contributed by atoms with Crippen LogP contribution >= 0.6 is 0 Å². The van der Waals surface area contributed by atoms with Gasteiger partial charge in [-0.3, -0.25) is 4.79 Å². The fraction of sp³-hybridized carbons (Fsp3) is 0.400. The molecule has 0 aromatic rings. The number of nitrogens with zero attached hydrogens (tertiary/aromatic N) is 2. The number of hydrogen-bond donors (Lipinski definition) is 0. The topological polar surface area (TPSA) is 51.0 Å². The monoisotopic (exact) mass is 126 g/mol. The van der Waals surface area contributed by atoms with E-state index in [1.54, 1.807) is 13.0 Å². The van der Waals surface area contributed by atoms with E-state index in [1.807, 2.05) is 0 Å². The summed E-state index contributed by atoms with van der Waals surface area (Å²) in [5.41, 5.74) is -0.845. The van der Waals surface area contributed by atoms with Crippen molar-refractivity contribution in [3.63, 3.8) is 0 Å². The van der Waals surface area contributed by atoms with Crippen LogP contribution in [0.1, 0.15) is 6.92 Å². The Morgan fingerprint density at radius 1 is 1.78 bits per heavy atom. The lowest BCUT2D eigenvalue weighted by atomic mass is 10.3. The van der Waals surface area contributed by atoms with Gasteiger partial charge in [0.2, 0.25) is 5.72 Å². The highest BCUT2D eigenvalue weighted by Gasteiger charge is 2.23. The van der Waals surface area contributed by atoms with E-state index in [-0.39, 0.29) is 0 Å². The zero-order valence-corrected chi connectivity index (χ0v) is 4.94. The molecule has 0 aromatic carbocycles. The fourth-order valence-corrected chi connectivity index (χ4v) is 0.513. The molecule has 0 spiro atoms. The summed E-state index contributed by atoms with van der Waals surface area (Å²) in [5, 5.41) is 7.13. The number of carbonyl (C=O) groups is 1. The molecule has 0 saturated heterocycles. The van der Waals surface area contributed by atoms with Gasteiger partial charge in [0, 0.05) is 13.0 Å². The second kappa shape index (κ2) is 1.97. The highest BCUT2D eigenvalue weighted by Crippen LogP contribution is 2.18. The summed E-state index contributed by atoms with van der Waals surface area (Å²) in [6.45, 7) is 2.00. The average Bonchev–Trinajstić information content (AvgIpc) is 2.16. The maximum Gasteiger partial charge on any atom is 0.295 e. The number of hydrogen-bond acceptors (Lipinski definition) is 4. The van der Waals surface area contributed by atoms with Crippen LogP contribution in [0.2, 0.25) is 0 Å². The summed E-state index contributed by atoms with van der Waals surface area (Å²) in [6.07, 6.45) is 3.09. The predicted octanol–water partition coefficient (Wildman–Crippen LogP) is 0.855. The molecule has 0 fully saturated rings. The van der Waals surface area contributed by atoms with Gasteiger partial charge in [0.25, 0.3) is 6.47 Å². The Morgan fingerprint density at radius 3 is 3.00 bits per heavy atom. The van der Waals surface area contributed by atoms with Crippen LogP contribution in [0.3, 0.4) is 0 Å². The highest BCUT2D eigenvalue weighted by molar-refractivity contribution is 5.39. The summed E-state index contributed by atoms with van der Waals surface area (Å²) in [5.74, 6) is 0. The number of ether oxygens (including phenoxy) is 1. The zero-order chi connectivity index (χ0) is 6.74. The first-order valence-electron chi connectivity index (χ1n) is 2.48. The van der Waals surface area contributed by atoms with Gasteiger partial charge in [-0.25, -0.2) is 0 Å². The van der Waals surface area contributed by atoms with Gasteiger partial charge < -0.3 is 4.74 Å². The van der Waals surface area contributed by atoms with E-state index in [1.165, 1.54) is 6.20 Å². The second-order valence-corrected chi connectivity index (χ2v) is 1.80. The largest absolute Gasteiger partial charge is 0.434 e. The molecule has 0 amide bonds. The van der Waals surface area contributed by atoms with Crippen molar-refractivity contribution in [2.24, 2.45) is 10.2 Å². The molecule has 1 heterocycles. The molecule has 1 atom stereocenters. The van der Waals surface area contributed by atoms with Crippen LogP contribution in [0.25, 0.3) is 0 Å². The molecule has 0 N–H and O–H groups in total. The third kappa shape index (κ3) is 1.13. The van der Waals surface area contributed by atoms with Crippen molar-refractivity contribution < 1.29 is 9.53 Å². The van der Waals surface area contributed by atoms with Gasteiger partial charge in [0.1, 0.15) is 0 Å². The van der Waals surface area contributed by atoms with Crippen molar-refractivity contribution in [2.45, 2.75) is 12.6 Å². The van der Waals surface area contributed by atoms with Crippen LogP contribution in [0.4, 0.5) is 0 Å². The summed E-state index contributed by atoms with van der Waals surface area (Å²) in [4.78, 5) is 9.81. The summed E-state index contributed by atoms with van der Waals surface area (Å²) < 4.78 is 4.56. The van der Waals surface area contributed by atoms with Crippen molar-refractivity contribution in [3.8, 4) is 0 Å². The molecule has 1 aliphatic rings. The van der Waals surface area contributed by atoms with E-state index in [2.05, 4.69) is 15.0 Å². The molecule has 1 rings (SSSR count). The van der Waals surface area contributed by atoms with Crippen LogP contribution in [-0.4, -0.2) is 12.2 Å². The molecule has 0 radical (unpaired) electrons. The Balaban J connectivity index is 2.63. The molecule has 4 nitrogen and oxygen atoms in total. The molecule has 1 aliphatic heterocycles. The van der Waals surface area contributed by atoms with E-state index < -0.39 is 5.72 Å². The molecule has 0 saturated carbocycles.